The highest BCUT2D eigenvalue weighted by Gasteiger charge is 2.08. The van der Waals surface area contributed by atoms with Gasteiger partial charge >= 0.3 is 0 Å². The van der Waals surface area contributed by atoms with Gasteiger partial charge in [0.2, 0.25) is 0 Å². The number of anilines is 1. The van der Waals surface area contributed by atoms with Crippen LogP contribution in [0.1, 0.15) is 11.5 Å². The lowest BCUT2D eigenvalue weighted by atomic mass is 10.4. The molecule has 17 heavy (non-hydrogen) atoms. The van der Waals surface area contributed by atoms with E-state index in [-0.39, 0.29) is 13.2 Å². The Morgan fingerprint density at radius 3 is 2.41 bits per heavy atom. The van der Waals surface area contributed by atoms with Crippen molar-refractivity contribution in [3.63, 3.8) is 0 Å². The number of hydrogen-bond acceptors (Lipinski definition) is 6. The first-order chi connectivity index (χ1) is 8.19. The van der Waals surface area contributed by atoms with Crippen molar-refractivity contribution < 1.29 is 10.2 Å². The highest BCUT2D eigenvalue weighted by atomic mass is 16.3. The summed E-state index contributed by atoms with van der Waals surface area (Å²) in [6.07, 6.45) is 0. The van der Waals surface area contributed by atoms with Gasteiger partial charge in [-0.05, 0) is 6.92 Å². The normalized spacial score (nSPS) is 10.9. The van der Waals surface area contributed by atoms with Crippen molar-refractivity contribution in [1.29, 1.82) is 0 Å². The van der Waals surface area contributed by atoms with Crippen LogP contribution in [-0.2, 0) is 6.54 Å². The van der Waals surface area contributed by atoms with Crippen molar-refractivity contribution in [2.45, 2.75) is 13.5 Å². The molecule has 1 rings (SSSR count). The van der Waals surface area contributed by atoms with Crippen LogP contribution in [-0.4, -0.2) is 58.4 Å². The number of aromatic nitrogens is 2. The summed E-state index contributed by atoms with van der Waals surface area (Å²) in [5.41, 5.74) is 0.896. The van der Waals surface area contributed by atoms with Gasteiger partial charge < -0.3 is 15.5 Å². The molecule has 0 fully saturated rings. The quantitative estimate of drug-likeness (QED) is 0.602. The highest BCUT2D eigenvalue weighted by Crippen LogP contribution is 2.07. The van der Waals surface area contributed by atoms with Gasteiger partial charge in [-0.2, -0.15) is 0 Å². The van der Waals surface area contributed by atoms with Gasteiger partial charge in [0.05, 0.1) is 19.8 Å². The van der Waals surface area contributed by atoms with Crippen molar-refractivity contribution in [2.75, 3.05) is 38.7 Å². The zero-order valence-electron chi connectivity index (χ0n) is 10.3. The predicted molar refractivity (Wildman–Crippen MR) is 65.8 cm³/mol. The molecule has 0 aliphatic carbocycles. The van der Waals surface area contributed by atoms with Crippen LogP contribution in [0.2, 0.25) is 0 Å². The third kappa shape index (κ3) is 4.64. The molecule has 6 nitrogen and oxygen atoms in total. The summed E-state index contributed by atoms with van der Waals surface area (Å²) >= 11 is 0. The summed E-state index contributed by atoms with van der Waals surface area (Å²) in [6.45, 7) is 3.57. The van der Waals surface area contributed by atoms with Crippen LogP contribution in [0.3, 0.4) is 0 Å². The molecule has 6 heteroatoms. The number of aryl methyl sites for hydroxylation is 1. The van der Waals surface area contributed by atoms with E-state index in [4.69, 9.17) is 10.2 Å². The molecule has 1 aromatic heterocycles. The molecular formula is C11H20N4O2. The number of nitrogens with zero attached hydrogens (tertiary/aromatic N) is 3. The Hall–Kier alpha value is -1.24. The average molecular weight is 240 g/mol. The minimum atomic E-state index is 0.0602. The maximum Gasteiger partial charge on any atom is 0.144 e. The van der Waals surface area contributed by atoms with E-state index in [1.54, 1.807) is 0 Å². The Morgan fingerprint density at radius 2 is 1.88 bits per heavy atom. The lowest BCUT2D eigenvalue weighted by Gasteiger charge is -2.19. The van der Waals surface area contributed by atoms with Crippen molar-refractivity contribution in [2.24, 2.45) is 0 Å². The maximum absolute atomic E-state index is 8.92. The molecule has 96 valence electrons. The maximum atomic E-state index is 8.92. The molecule has 0 aliphatic rings. The van der Waals surface area contributed by atoms with Gasteiger partial charge in [0.1, 0.15) is 11.6 Å². The Morgan fingerprint density at radius 1 is 1.24 bits per heavy atom. The monoisotopic (exact) mass is 240 g/mol. The van der Waals surface area contributed by atoms with Gasteiger partial charge in [0.15, 0.2) is 0 Å². The first-order valence-electron chi connectivity index (χ1n) is 5.66. The number of aliphatic hydroxyl groups is 2. The molecule has 0 atom stereocenters. The molecule has 0 spiro atoms. The van der Waals surface area contributed by atoms with Gasteiger partial charge in [-0.3, -0.25) is 4.90 Å². The summed E-state index contributed by atoms with van der Waals surface area (Å²) < 4.78 is 0. The van der Waals surface area contributed by atoms with Crippen LogP contribution in [0.25, 0.3) is 0 Å². The summed E-state index contributed by atoms with van der Waals surface area (Å²) in [7, 11) is 1.81. The van der Waals surface area contributed by atoms with Crippen LogP contribution >= 0.6 is 0 Å². The fourth-order valence-electron chi connectivity index (χ4n) is 1.58. The van der Waals surface area contributed by atoms with Gasteiger partial charge in [-0.15, -0.1) is 0 Å². The van der Waals surface area contributed by atoms with E-state index in [0.29, 0.717) is 25.5 Å². The number of nitrogens with one attached hydrogen (secondary N) is 1. The summed E-state index contributed by atoms with van der Waals surface area (Å²) in [6, 6.07) is 1.87. The molecular weight excluding hydrogens is 220 g/mol. The van der Waals surface area contributed by atoms with E-state index in [1.165, 1.54) is 0 Å². The van der Waals surface area contributed by atoms with E-state index in [9.17, 15) is 0 Å². The molecule has 0 aromatic carbocycles. The Balaban J connectivity index is 2.73. The van der Waals surface area contributed by atoms with E-state index < -0.39 is 0 Å². The van der Waals surface area contributed by atoms with Gasteiger partial charge in [-0.1, -0.05) is 0 Å². The third-order valence-corrected chi connectivity index (χ3v) is 2.35. The third-order valence-electron chi connectivity index (χ3n) is 2.35. The smallest absolute Gasteiger partial charge is 0.144 e. The van der Waals surface area contributed by atoms with Crippen molar-refractivity contribution in [3.8, 4) is 0 Å². The number of rotatable bonds is 7. The molecule has 0 aliphatic heterocycles. The topological polar surface area (TPSA) is 81.5 Å². The number of aliphatic hydroxyl groups excluding tert-OH is 2. The summed E-state index contributed by atoms with van der Waals surface area (Å²) in [4.78, 5) is 10.6. The molecule has 0 unspecified atom stereocenters. The summed E-state index contributed by atoms with van der Waals surface area (Å²) in [5.74, 6) is 1.47. The minimum Gasteiger partial charge on any atom is -0.395 e. The molecule has 1 heterocycles. The van der Waals surface area contributed by atoms with Crippen molar-refractivity contribution in [3.05, 3.63) is 17.6 Å². The van der Waals surface area contributed by atoms with Gasteiger partial charge in [-0.25, -0.2) is 9.97 Å². The lowest BCUT2D eigenvalue weighted by Crippen LogP contribution is -2.30. The number of hydrogen-bond donors (Lipinski definition) is 3. The van der Waals surface area contributed by atoms with Crippen LogP contribution in [0.4, 0.5) is 5.82 Å². The Bertz CT molecular complexity index is 340. The van der Waals surface area contributed by atoms with Crippen LogP contribution < -0.4 is 5.32 Å². The minimum absolute atomic E-state index is 0.0602. The second-order valence-electron chi connectivity index (χ2n) is 3.78. The zero-order valence-corrected chi connectivity index (χ0v) is 10.3. The fraction of sp³-hybridized carbons (Fsp3) is 0.636. The molecule has 0 saturated heterocycles. The van der Waals surface area contributed by atoms with Gasteiger partial charge in [0.25, 0.3) is 0 Å². The van der Waals surface area contributed by atoms with E-state index in [1.807, 2.05) is 24.9 Å². The largest absolute Gasteiger partial charge is 0.395 e. The summed E-state index contributed by atoms with van der Waals surface area (Å²) in [5, 5.41) is 20.8. The first kappa shape index (κ1) is 13.8. The SMILES string of the molecule is CNc1cc(C)nc(CN(CCO)CCO)n1. The second kappa shape index (κ2) is 7.16. The Kier molecular flexibility index (Phi) is 5.82. The predicted octanol–water partition coefficient (Wildman–Crippen LogP) is -0.387. The standard InChI is InChI=1S/C11H20N4O2/c1-9-7-10(12-2)14-11(13-9)8-15(3-5-16)4-6-17/h7,16-17H,3-6,8H2,1-2H3,(H,12,13,14). The molecule has 0 saturated carbocycles. The van der Waals surface area contributed by atoms with Crippen LogP contribution in [0, 0.1) is 6.92 Å². The zero-order chi connectivity index (χ0) is 12.7. The molecule has 1 aromatic rings. The van der Waals surface area contributed by atoms with Crippen LogP contribution in [0.5, 0.6) is 0 Å². The van der Waals surface area contributed by atoms with E-state index >= 15 is 0 Å². The van der Waals surface area contributed by atoms with Gasteiger partial charge in [0, 0.05) is 31.9 Å². The van der Waals surface area contributed by atoms with E-state index in [0.717, 1.165) is 11.5 Å². The Labute approximate surface area is 101 Å². The second-order valence-corrected chi connectivity index (χ2v) is 3.78. The van der Waals surface area contributed by atoms with Crippen molar-refractivity contribution in [1.82, 2.24) is 14.9 Å². The first-order valence-corrected chi connectivity index (χ1v) is 5.66. The van der Waals surface area contributed by atoms with E-state index in [2.05, 4.69) is 15.3 Å². The average Bonchev–Trinajstić information content (AvgIpc) is 2.29. The highest BCUT2D eigenvalue weighted by molar-refractivity contribution is 5.34. The molecule has 0 radical (unpaired) electrons. The lowest BCUT2D eigenvalue weighted by molar-refractivity contribution is 0.153. The molecule has 3 N–H and O–H groups in total. The van der Waals surface area contributed by atoms with Crippen molar-refractivity contribution >= 4 is 5.82 Å². The fourth-order valence-corrected chi connectivity index (χ4v) is 1.58. The van der Waals surface area contributed by atoms with Crippen LogP contribution in [0.15, 0.2) is 6.07 Å². The molecule has 0 amide bonds. The molecule has 0 bridgehead atoms.